The van der Waals surface area contributed by atoms with Crippen LogP contribution in [0, 0.1) is 6.92 Å². The van der Waals surface area contributed by atoms with E-state index in [-0.39, 0.29) is 6.04 Å². The van der Waals surface area contributed by atoms with Gasteiger partial charge in [-0.05, 0) is 30.2 Å². The highest BCUT2D eigenvalue weighted by atomic mass is 16.5. The van der Waals surface area contributed by atoms with Crippen LogP contribution < -0.4 is 16.0 Å². The Labute approximate surface area is 106 Å². The first-order chi connectivity index (χ1) is 8.76. The number of hydrazine groups is 1. The van der Waals surface area contributed by atoms with Gasteiger partial charge in [-0.15, -0.1) is 0 Å². The summed E-state index contributed by atoms with van der Waals surface area (Å²) in [5.74, 6) is 6.33. The molecule has 1 atom stereocenters. The smallest absolute Gasteiger partial charge is 0.142 e. The van der Waals surface area contributed by atoms with Gasteiger partial charge in [0.2, 0.25) is 0 Å². The Balaban J connectivity index is 2.45. The number of rotatable bonds is 4. The van der Waals surface area contributed by atoms with Crippen LogP contribution in [0.2, 0.25) is 0 Å². The van der Waals surface area contributed by atoms with Gasteiger partial charge in [0, 0.05) is 18.6 Å². The fourth-order valence-corrected chi connectivity index (χ4v) is 1.86. The Morgan fingerprint density at radius 2 is 2.22 bits per heavy atom. The molecule has 0 aliphatic rings. The van der Waals surface area contributed by atoms with Crippen molar-refractivity contribution in [2.24, 2.45) is 5.84 Å². The van der Waals surface area contributed by atoms with Gasteiger partial charge in [-0.3, -0.25) is 15.8 Å². The van der Waals surface area contributed by atoms with E-state index in [4.69, 9.17) is 10.6 Å². The maximum Gasteiger partial charge on any atom is 0.142 e. The van der Waals surface area contributed by atoms with E-state index in [2.05, 4.69) is 15.4 Å². The summed E-state index contributed by atoms with van der Waals surface area (Å²) in [5.41, 5.74) is 5.52. The van der Waals surface area contributed by atoms with Crippen molar-refractivity contribution in [3.63, 3.8) is 0 Å². The van der Waals surface area contributed by atoms with Crippen LogP contribution in [0.5, 0.6) is 5.75 Å². The van der Waals surface area contributed by atoms with Gasteiger partial charge in [-0.1, -0.05) is 6.07 Å². The van der Waals surface area contributed by atoms with E-state index in [1.165, 1.54) is 0 Å². The quantitative estimate of drug-likeness (QED) is 0.627. The molecule has 2 aromatic rings. The SMILES string of the molecule is COc1cccnc1C(NN)c1cncc(C)c1. The van der Waals surface area contributed by atoms with E-state index >= 15 is 0 Å². The summed E-state index contributed by atoms with van der Waals surface area (Å²) in [6.45, 7) is 1.99. The molecule has 18 heavy (non-hydrogen) atoms. The molecule has 2 heterocycles. The van der Waals surface area contributed by atoms with Gasteiger partial charge < -0.3 is 4.74 Å². The van der Waals surface area contributed by atoms with Gasteiger partial charge >= 0.3 is 0 Å². The van der Waals surface area contributed by atoms with Crippen molar-refractivity contribution in [3.8, 4) is 5.75 Å². The second-order valence-electron chi connectivity index (χ2n) is 3.99. The predicted molar refractivity (Wildman–Crippen MR) is 68.9 cm³/mol. The average molecular weight is 244 g/mol. The second-order valence-corrected chi connectivity index (χ2v) is 3.99. The Kier molecular flexibility index (Phi) is 3.86. The van der Waals surface area contributed by atoms with Gasteiger partial charge in [-0.25, -0.2) is 5.43 Å². The van der Waals surface area contributed by atoms with Crippen LogP contribution in [-0.2, 0) is 0 Å². The number of hydrogen-bond donors (Lipinski definition) is 2. The van der Waals surface area contributed by atoms with Crippen LogP contribution in [0.3, 0.4) is 0 Å². The highest BCUT2D eigenvalue weighted by Gasteiger charge is 2.18. The molecular formula is C13H16N4O. The molecule has 0 amide bonds. The molecule has 0 saturated carbocycles. The molecule has 0 aromatic carbocycles. The summed E-state index contributed by atoms with van der Waals surface area (Å²) >= 11 is 0. The Bertz CT molecular complexity index is 530. The topological polar surface area (TPSA) is 73.1 Å². The summed E-state index contributed by atoms with van der Waals surface area (Å²) in [4.78, 5) is 8.50. The molecule has 5 nitrogen and oxygen atoms in total. The molecule has 1 unspecified atom stereocenters. The maximum atomic E-state index is 5.64. The second kappa shape index (κ2) is 5.57. The van der Waals surface area contributed by atoms with Gasteiger partial charge in [-0.2, -0.15) is 0 Å². The van der Waals surface area contributed by atoms with E-state index in [1.807, 2.05) is 25.1 Å². The number of nitrogens with zero attached hydrogens (tertiary/aromatic N) is 2. The molecule has 94 valence electrons. The van der Waals surface area contributed by atoms with Crippen molar-refractivity contribution in [2.45, 2.75) is 13.0 Å². The van der Waals surface area contributed by atoms with Crippen molar-refractivity contribution in [1.82, 2.24) is 15.4 Å². The van der Waals surface area contributed by atoms with Crippen LogP contribution >= 0.6 is 0 Å². The lowest BCUT2D eigenvalue weighted by molar-refractivity contribution is 0.400. The minimum Gasteiger partial charge on any atom is -0.495 e. The van der Waals surface area contributed by atoms with Gasteiger partial charge in [0.05, 0.1) is 13.2 Å². The molecule has 5 heteroatoms. The van der Waals surface area contributed by atoms with Crippen molar-refractivity contribution >= 4 is 0 Å². The molecular weight excluding hydrogens is 228 g/mol. The number of ether oxygens (including phenoxy) is 1. The first kappa shape index (κ1) is 12.5. The molecule has 0 bridgehead atoms. The minimum atomic E-state index is -0.242. The van der Waals surface area contributed by atoms with E-state index in [0.29, 0.717) is 5.75 Å². The molecule has 0 saturated heterocycles. The summed E-state index contributed by atoms with van der Waals surface area (Å²) in [7, 11) is 1.61. The summed E-state index contributed by atoms with van der Waals surface area (Å²) in [6, 6.07) is 5.46. The van der Waals surface area contributed by atoms with Crippen LogP contribution in [-0.4, -0.2) is 17.1 Å². The first-order valence-corrected chi connectivity index (χ1v) is 5.63. The third-order valence-corrected chi connectivity index (χ3v) is 2.69. The summed E-state index contributed by atoms with van der Waals surface area (Å²) in [5, 5.41) is 0. The molecule has 0 radical (unpaired) electrons. The number of hydrogen-bond acceptors (Lipinski definition) is 5. The fourth-order valence-electron chi connectivity index (χ4n) is 1.86. The zero-order valence-corrected chi connectivity index (χ0v) is 10.4. The summed E-state index contributed by atoms with van der Waals surface area (Å²) in [6.07, 6.45) is 5.28. The maximum absolute atomic E-state index is 5.64. The molecule has 0 aliphatic heterocycles. The molecule has 0 spiro atoms. The number of nitrogens with two attached hydrogens (primary N) is 1. The van der Waals surface area contributed by atoms with E-state index in [1.54, 1.807) is 25.7 Å². The monoisotopic (exact) mass is 244 g/mol. The number of pyridine rings is 2. The summed E-state index contributed by atoms with van der Waals surface area (Å²) < 4.78 is 5.30. The molecule has 2 rings (SSSR count). The van der Waals surface area contributed by atoms with E-state index in [9.17, 15) is 0 Å². The van der Waals surface area contributed by atoms with Crippen LogP contribution in [0.25, 0.3) is 0 Å². The lowest BCUT2D eigenvalue weighted by Crippen LogP contribution is -2.30. The zero-order chi connectivity index (χ0) is 13.0. The van der Waals surface area contributed by atoms with Gasteiger partial charge in [0.1, 0.15) is 11.4 Å². The van der Waals surface area contributed by atoms with Crippen LogP contribution in [0.1, 0.15) is 22.9 Å². The van der Waals surface area contributed by atoms with Crippen molar-refractivity contribution < 1.29 is 4.74 Å². The van der Waals surface area contributed by atoms with Crippen molar-refractivity contribution in [3.05, 3.63) is 53.6 Å². The highest BCUT2D eigenvalue weighted by molar-refractivity contribution is 5.36. The number of methoxy groups -OCH3 is 1. The standard InChI is InChI=1S/C13H16N4O/c1-9-6-10(8-15-7-9)12(17-14)13-11(18-2)4-3-5-16-13/h3-8,12,17H,14H2,1-2H3. The number of aryl methyl sites for hydroxylation is 1. The van der Waals surface area contributed by atoms with E-state index in [0.717, 1.165) is 16.8 Å². The number of nitrogens with one attached hydrogen (secondary N) is 1. The lowest BCUT2D eigenvalue weighted by atomic mass is 10.0. The Hall–Kier alpha value is -1.98. The third-order valence-electron chi connectivity index (χ3n) is 2.69. The molecule has 3 N–H and O–H groups in total. The Morgan fingerprint density at radius 3 is 2.89 bits per heavy atom. The average Bonchev–Trinajstić information content (AvgIpc) is 2.40. The lowest BCUT2D eigenvalue weighted by Gasteiger charge is -2.18. The van der Waals surface area contributed by atoms with Crippen LogP contribution in [0.15, 0.2) is 36.8 Å². The minimum absolute atomic E-state index is 0.242. The normalized spacial score (nSPS) is 12.2. The fraction of sp³-hybridized carbons (Fsp3) is 0.231. The highest BCUT2D eigenvalue weighted by Crippen LogP contribution is 2.27. The largest absolute Gasteiger partial charge is 0.495 e. The van der Waals surface area contributed by atoms with Gasteiger partial charge in [0.15, 0.2) is 0 Å². The molecule has 2 aromatic heterocycles. The third kappa shape index (κ3) is 2.47. The van der Waals surface area contributed by atoms with Crippen molar-refractivity contribution in [2.75, 3.05) is 7.11 Å². The van der Waals surface area contributed by atoms with Crippen molar-refractivity contribution in [1.29, 1.82) is 0 Å². The molecule has 0 fully saturated rings. The number of aromatic nitrogens is 2. The predicted octanol–water partition coefficient (Wildman–Crippen LogP) is 1.35. The van der Waals surface area contributed by atoms with E-state index < -0.39 is 0 Å². The zero-order valence-electron chi connectivity index (χ0n) is 10.4. The van der Waals surface area contributed by atoms with Crippen LogP contribution in [0.4, 0.5) is 0 Å². The molecule has 0 aliphatic carbocycles. The van der Waals surface area contributed by atoms with Gasteiger partial charge in [0.25, 0.3) is 0 Å². The first-order valence-electron chi connectivity index (χ1n) is 5.63. The Morgan fingerprint density at radius 1 is 1.39 bits per heavy atom.